The van der Waals surface area contributed by atoms with E-state index in [1.54, 1.807) is 0 Å². The molecule has 85 valence electrons. The summed E-state index contributed by atoms with van der Waals surface area (Å²) in [4.78, 5) is 0. The van der Waals surface area contributed by atoms with Gasteiger partial charge in [-0.3, -0.25) is 0 Å². The number of unbranched alkanes of at least 4 members (excludes halogenated alkanes) is 5. The molecule has 0 aromatic carbocycles. The second-order valence-electron chi connectivity index (χ2n) is 3.75. The fraction of sp³-hybridized carbons (Fsp3) is 0.533. The molecule has 0 nitrogen and oxygen atoms in total. The molecule has 0 rings (SSSR count). The lowest BCUT2D eigenvalue weighted by Gasteiger charge is -1.92. The molecule has 0 aliphatic carbocycles. The van der Waals surface area contributed by atoms with Crippen molar-refractivity contribution in [1.29, 1.82) is 0 Å². The summed E-state index contributed by atoms with van der Waals surface area (Å²) in [6.07, 6.45) is 21.6. The van der Waals surface area contributed by atoms with Crippen LogP contribution in [0.3, 0.4) is 0 Å². The van der Waals surface area contributed by atoms with Crippen LogP contribution in [0.1, 0.15) is 51.9 Å². The van der Waals surface area contributed by atoms with Gasteiger partial charge in [0.05, 0.1) is 0 Å². The van der Waals surface area contributed by atoms with Gasteiger partial charge in [-0.05, 0) is 39.0 Å². The van der Waals surface area contributed by atoms with Gasteiger partial charge in [-0.15, -0.1) is 0 Å². The topological polar surface area (TPSA) is 0 Å². The summed E-state index contributed by atoms with van der Waals surface area (Å²) in [6, 6.07) is 0. The minimum atomic E-state index is 1.17. The third-order valence-electron chi connectivity index (χ3n) is 2.27. The van der Waals surface area contributed by atoms with Crippen LogP contribution in [-0.4, -0.2) is 0 Å². The Morgan fingerprint density at radius 3 is 2.13 bits per heavy atom. The van der Waals surface area contributed by atoms with Gasteiger partial charge in [0.25, 0.3) is 0 Å². The standard InChI is InChI=1S/C15H25/c1-3-5-7-9-11-13-15-14-12-10-8-6-4-2/h3,5,7,9,12,14H,1,4,6,8,10-11,13,15H2,2H3/b5-3+,9-7+,14-12+. The number of allylic oxidation sites excluding steroid dienone is 6. The van der Waals surface area contributed by atoms with E-state index in [4.69, 9.17) is 0 Å². The van der Waals surface area contributed by atoms with Crippen LogP contribution in [0.15, 0.2) is 36.5 Å². The highest BCUT2D eigenvalue weighted by atomic mass is 13.9. The van der Waals surface area contributed by atoms with E-state index in [1.165, 1.54) is 44.9 Å². The van der Waals surface area contributed by atoms with E-state index in [-0.39, 0.29) is 0 Å². The summed E-state index contributed by atoms with van der Waals surface area (Å²) in [7, 11) is 0. The summed E-state index contributed by atoms with van der Waals surface area (Å²) >= 11 is 0. The lowest BCUT2D eigenvalue weighted by molar-refractivity contribution is 0.727. The Morgan fingerprint density at radius 1 is 0.800 bits per heavy atom. The predicted octanol–water partition coefficient (Wildman–Crippen LogP) is 5.24. The second-order valence-corrected chi connectivity index (χ2v) is 3.75. The Kier molecular flexibility index (Phi) is 12.5. The van der Waals surface area contributed by atoms with Gasteiger partial charge in [0.2, 0.25) is 0 Å². The fourth-order valence-corrected chi connectivity index (χ4v) is 1.35. The molecule has 15 heavy (non-hydrogen) atoms. The van der Waals surface area contributed by atoms with Crippen LogP contribution in [0.25, 0.3) is 0 Å². The summed E-state index contributed by atoms with van der Waals surface area (Å²) in [5.41, 5.74) is 0. The zero-order valence-electron chi connectivity index (χ0n) is 10.1. The van der Waals surface area contributed by atoms with Gasteiger partial charge in [-0.25, -0.2) is 0 Å². The first-order valence-corrected chi connectivity index (χ1v) is 6.17. The first kappa shape index (κ1) is 14.2. The Bertz CT molecular complexity index is 184. The smallest absolute Gasteiger partial charge is 0.0313 e. The lowest BCUT2D eigenvalue weighted by atomic mass is 10.1. The zero-order valence-corrected chi connectivity index (χ0v) is 10.1. The van der Waals surface area contributed by atoms with Crippen LogP contribution in [0.5, 0.6) is 0 Å². The van der Waals surface area contributed by atoms with E-state index in [0.717, 1.165) is 0 Å². The highest BCUT2D eigenvalue weighted by Crippen LogP contribution is 2.02. The molecule has 0 aromatic rings. The van der Waals surface area contributed by atoms with Gasteiger partial charge in [-0.2, -0.15) is 0 Å². The molecular formula is C15H25. The average Bonchev–Trinajstić information content (AvgIpc) is 2.26. The Balaban J connectivity index is 3.16. The molecule has 0 aliphatic heterocycles. The number of hydrogen-bond donors (Lipinski definition) is 0. The van der Waals surface area contributed by atoms with Crippen molar-refractivity contribution in [3.05, 3.63) is 43.4 Å². The number of rotatable bonds is 9. The van der Waals surface area contributed by atoms with Crippen LogP contribution in [-0.2, 0) is 0 Å². The maximum absolute atomic E-state index is 3.63. The molecule has 0 aliphatic rings. The van der Waals surface area contributed by atoms with Crippen LogP contribution < -0.4 is 0 Å². The minimum Gasteiger partial charge on any atom is -0.0885 e. The van der Waals surface area contributed by atoms with Crippen LogP contribution in [0, 0.1) is 6.92 Å². The first-order chi connectivity index (χ1) is 7.41. The summed E-state index contributed by atoms with van der Waals surface area (Å²) in [6.45, 7) is 5.87. The van der Waals surface area contributed by atoms with Crippen molar-refractivity contribution in [2.75, 3.05) is 0 Å². The molecular weight excluding hydrogens is 180 g/mol. The maximum Gasteiger partial charge on any atom is -0.0313 e. The normalized spacial score (nSPS) is 12.4. The quantitative estimate of drug-likeness (QED) is 0.274. The van der Waals surface area contributed by atoms with Crippen molar-refractivity contribution in [3.8, 4) is 0 Å². The van der Waals surface area contributed by atoms with Crippen molar-refractivity contribution in [3.63, 3.8) is 0 Å². The predicted molar refractivity (Wildman–Crippen MR) is 70.8 cm³/mol. The molecule has 0 atom stereocenters. The minimum absolute atomic E-state index is 1.17. The SMILES string of the molecule is [CH2]/C=C/C=C/CCC/C=C/CCCCC. The van der Waals surface area contributed by atoms with Gasteiger partial charge in [-0.1, -0.05) is 56.2 Å². The van der Waals surface area contributed by atoms with E-state index in [2.05, 4.69) is 38.2 Å². The van der Waals surface area contributed by atoms with Crippen molar-refractivity contribution in [2.24, 2.45) is 0 Å². The maximum atomic E-state index is 3.63. The lowest BCUT2D eigenvalue weighted by Crippen LogP contribution is -1.72. The third kappa shape index (κ3) is 13.2. The Hall–Kier alpha value is -0.780. The van der Waals surface area contributed by atoms with Crippen molar-refractivity contribution in [1.82, 2.24) is 0 Å². The zero-order chi connectivity index (χ0) is 11.2. The van der Waals surface area contributed by atoms with Crippen LogP contribution >= 0.6 is 0 Å². The van der Waals surface area contributed by atoms with Crippen LogP contribution in [0.4, 0.5) is 0 Å². The molecule has 0 heteroatoms. The van der Waals surface area contributed by atoms with Gasteiger partial charge in [0.1, 0.15) is 0 Å². The van der Waals surface area contributed by atoms with E-state index >= 15 is 0 Å². The molecule has 0 heterocycles. The molecule has 1 radical (unpaired) electrons. The molecule has 0 aromatic heterocycles. The largest absolute Gasteiger partial charge is 0.0885 e. The second kappa shape index (κ2) is 13.2. The molecule has 0 amide bonds. The third-order valence-corrected chi connectivity index (χ3v) is 2.27. The van der Waals surface area contributed by atoms with Crippen molar-refractivity contribution < 1.29 is 0 Å². The molecule has 0 fully saturated rings. The van der Waals surface area contributed by atoms with E-state index in [0.29, 0.717) is 0 Å². The fourth-order valence-electron chi connectivity index (χ4n) is 1.35. The van der Waals surface area contributed by atoms with Crippen molar-refractivity contribution in [2.45, 2.75) is 51.9 Å². The van der Waals surface area contributed by atoms with Crippen LogP contribution in [0.2, 0.25) is 0 Å². The highest BCUT2D eigenvalue weighted by Gasteiger charge is 1.82. The first-order valence-electron chi connectivity index (χ1n) is 6.17. The molecule has 0 saturated carbocycles. The van der Waals surface area contributed by atoms with Gasteiger partial charge >= 0.3 is 0 Å². The van der Waals surface area contributed by atoms with E-state index in [1.807, 2.05) is 12.2 Å². The van der Waals surface area contributed by atoms with E-state index in [9.17, 15) is 0 Å². The molecule has 0 bridgehead atoms. The Morgan fingerprint density at radius 2 is 1.47 bits per heavy atom. The Labute approximate surface area is 95.8 Å². The molecule has 0 unspecified atom stereocenters. The average molecular weight is 205 g/mol. The number of hydrogen-bond acceptors (Lipinski definition) is 0. The molecule has 0 saturated heterocycles. The molecule has 0 N–H and O–H groups in total. The highest BCUT2D eigenvalue weighted by molar-refractivity contribution is 5.03. The van der Waals surface area contributed by atoms with Gasteiger partial charge in [0, 0.05) is 0 Å². The monoisotopic (exact) mass is 205 g/mol. The van der Waals surface area contributed by atoms with Crippen molar-refractivity contribution >= 4 is 0 Å². The van der Waals surface area contributed by atoms with E-state index < -0.39 is 0 Å². The summed E-state index contributed by atoms with van der Waals surface area (Å²) < 4.78 is 0. The summed E-state index contributed by atoms with van der Waals surface area (Å²) in [5, 5.41) is 0. The van der Waals surface area contributed by atoms with Gasteiger partial charge < -0.3 is 0 Å². The summed E-state index contributed by atoms with van der Waals surface area (Å²) in [5.74, 6) is 0. The van der Waals surface area contributed by atoms with Gasteiger partial charge in [0.15, 0.2) is 0 Å². The molecule has 0 spiro atoms.